The van der Waals surface area contributed by atoms with Crippen molar-refractivity contribution in [1.82, 2.24) is 0 Å². The molecule has 0 radical (unpaired) electrons. The second kappa shape index (κ2) is 7.14. The van der Waals surface area contributed by atoms with Crippen molar-refractivity contribution in [3.63, 3.8) is 0 Å². The Morgan fingerprint density at radius 1 is 1.28 bits per heavy atom. The third-order valence-corrected chi connectivity index (χ3v) is 5.97. The van der Waals surface area contributed by atoms with Gasteiger partial charge in [-0.15, -0.1) is 4.40 Å². The first-order valence-electron chi connectivity index (χ1n) is 6.94. The summed E-state index contributed by atoms with van der Waals surface area (Å²) in [5, 5.41) is 5.38. The summed E-state index contributed by atoms with van der Waals surface area (Å²) in [4.78, 5) is 12.0. The molecule has 2 N–H and O–H groups in total. The van der Waals surface area contributed by atoms with Crippen molar-refractivity contribution in [2.45, 2.75) is 4.90 Å². The topological polar surface area (TPSA) is 87.6 Å². The number of carbonyl (C=O) groups excluding carboxylic acids is 1. The maximum Gasteiger partial charge on any atom is 0.286 e. The van der Waals surface area contributed by atoms with E-state index in [1.165, 1.54) is 18.2 Å². The molecule has 3 rings (SSSR count). The van der Waals surface area contributed by atoms with Crippen LogP contribution >= 0.6 is 27.7 Å². The van der Waals surface area contributed by atoms with Crippen molar-refractivity contribution in [3.8, 4) is 0 Å². The molecule has 1 amide bonds. The number of benzene rings is 2. The van der Waals surface area contributed by atoms with Crippen molar-refractivity contribution in [2.24, 2.45) is 4.40 Å². The molecule has 0 bridgehead atoms. The number of fused-ring (bicyclic) bond motifs is 1. The van der Waals surface area contributed by atoms with E-state index in [2.05, 4.69) is 31.0 Å². The Balaban J connectivity index is 1.66. The number of halogens is 2. The highest BCUT2D eigenvalue weighted by Gasteiger charge is 2.24. The van der Waals surface area contributed by atoms with Crippen LogP contribution in [-0.4, -0.2) is 25.2 Å². The van der Waals surface area contributed by atoms with Crippen molar-refractivity contribution in [1.29, 1.82) is 0 Å². The van der Waals surface area contributed by atoms with Crippen LogP contribution in [0, 0.1) is 5.82 Å². The van der Waals surface area contributed by atoms with Gasteiger partial charge in [-0.05, 0) is 30.3 Å². The number of hydrogen-bond acceptors (Lipinski definition) is 5. The first-order chi connectivity index (χ1) is 11.8. The minimum atomic E-state index is -3.80. The van der Waals surface area contributed by atoms with Gasteiger partial charge in [-0.25, -0.2) is 4.39 Å². The van der Waals surface area contributed by atoms with E-state index in [0.717, 1.165) is 11.8 Å². The summed E-state index contributed by atoms with van der Waals surface area (Å²) in [5.41, 5.74) is 0.449. The maximum atomic E-state index is 13.7. The fraction of sp³-hybridized carbons (Fsp3) is 0.0667. The summed E-state index contributed by atoms with van der Waals surface area (Å²) in [5.74, 6) is -1.18. The maximum absolute atomic E-state index is 13.7. The highest BCUT2D eigenvalue weighted by molar-refractivity contribution is 9.10. The zero-order chi connectivity index (χ0) is 18.0. The molecule has 25 heavy (non-hydrogen) atoms. The van der Waals surface area contributed by atoms with Crippen LogP contribution < -0.4 is 10.6 Å². The van der Waals surface area contributed by atoms with E-state index in [1.807, 2.05) is 0 Å². The van der Waals surface area contributed by atoms with Gasteiger partial charge in [0.1, 0.15) is 10.7 Å². The smallest absolute Gasteiger partial charge is 0.286 e. The standard InChI is InChI=1S/C15H11BrFN3O3S2/c16-9-5-6-11(10(17)7-9)18-14(21)8-24-15-19-12-3-1-2-4-13(12)25(22,23)20-15/h1-7H,8H2,(H,18,21)(H,19,20). The predicted octanol–water partition coefficient (Wildman–Crippen LogP) is 3.43. The van der Waals surface area contributed by atoms with Gasteiger partial charge < -0.3 is 10.6 Å². The number of sulfonamides is 1. The number of para-hydroxylation sites is 1. The second-order valence-corrected chi connectivity index (χ2v) is 8.41. The SMILES string of the molecule is O=C(CSC1=NS(=O)(=O)c2ccccc2N1)Nc1ccc(Br)cc1F. The monoisotopic (exact) mass is 443 g/mol. The van der Waals surface area contributed by atoms with Gasteiger partial charge >= 0.3 is 0 Å². The number of hydrogen-bond donors (Lipinski definition) is 2. The molecular weight excluding hydrogens is 433 g/mol. The Morgan fingerprint density at radius 2 is 2.04 bits per heavy atom. The van der Waals surface area contributed by atoms with Gasteiger partial charge in [0.25, 0.3) is 10.0 Å². The van der Waals surface area contributed by atoms with Crippen LogP contribution in [0.25, 0.3) is 0 Å². The number of amidine groups is 1. The molecule has 1 aliphatic rings. The zero-order valence-electron chi connectivity index (χ0n) is 12.5. The largest absolute Gasteiger partial charge is 0.333 e. The van der Waals surface area contributed by atoms with Gasteiger partial charge in [0, 0.05) is 4.47 Å². The number of nitrogens with one attached hydrogen (secondary N) is 2. The number of carbonyl (C=O) groups is 1. The highest BCUT2D eigenvalue weighted by atomic mass is 79.9. The van der Waals surface area contributed by atoms with E-state index >= 15 is 0 Å². The Kier molecular flexibility index (Phi) is 5.11. The van der Waals surface area contributed by atoms with Crippen LogP contribution in [0.5, 0.6) is 0 Å². The molecule has 10 heteroatoms. The molecule has 0 aromatic heterocycles. The highest BCUT2D eigenvalue weighted by Crippen LogP contribution is 2.29. The van der Waals surface area contributed by atoms with Crippen LogP contribution in [0.3, 0.4) is 0 Å². The molecule has 0 aliphatic carbocycles. The third kappa shape index (κ3) is 4.20. The van der Waals surface area contributed by atoms with E-state index in [-0.39, 0.29) is 21.5 Å². The van der Waals surface area contributed by atoms with Crippen LogP contribution in [0.4, 0.5) is 15.8 Å². The van der Waals surface area contributed by atoms with Gasteiger partial charge in [0.2, 0.25) is 5.91 Å². The third-order valence-electron chi connectivity index (χ3n) is 3.15. The first-order valence-corrected chi connectivity index (χ1v) is 10.2. The Hall–Kier alpha value is -1.91. The molecule has 1 heterocycles. The predicted molar refractivity (Wildman–Crippen MR) is 99.9 cm³/mol. The zero-order valence-corrected chi connectivity index (χ0v) is 15.7. The lowest BCUT2D eigenvalue weighted by Gasteiger charge is -2.17. The molecular formula is C15H11BrFN3O3S2. The van der Waals surface area contributed by atoms with E-state index in [4.69, 9.17) is 0 Å². The van der Waals surface area contributed by atoms with Crippen LogP contribution in [0.2, 0.25) is 0 Å². The van der Waals surface area contributed by atoms with E-state index in [1.54, 1.807) is 24.3 Å². The van der Waals surface area contributed by atoms with Crippen LogP contribution in [-0.2, 0) is 14.8 Å². The molecule has 130 valence electrons. The fourth-order valence-corrected chi connectivity index (χ4v) is 4.43. The quantitative estimate of drug-likeness (QED) is 0.758. The second-order valence-electron chi connectivity index (χ2n) is 4.95. The molecule has 0 saturated carbocycles. The molecule has 0 spiro atoms. The summed E-state index contributed by atoms with van der Waals surface area (Å²) >= 11 is 4.05. The lowest BCUT2D eigenvalue weighted by atomic mass is 10.3. The number of anilines is 2. The van der Waals surface area contributed by atoms with E-state index in [9.17, 15) is 17.6 Å². The minimum absolute atomic E-state index is 0.0466. The Morgan fingerprint density at radius 3 is 2.80 bits per heavy atom. The van der Waals surface area contributed by atoms with E-state index in [0.29, 0.717) is 10.2 Å². The number of rotatable bonds is 3. The molecule has 0 unspecified atom stereocenters. The van der Waals surface area contributed by atoms with Crippen molar-refractivity contribution >= 4 is 60.2 Å². The summed E-state index contributed by atoms with van der Waals surface area (Å²) in [6, 6.07) is 10.6. The molecule has 2 aromatic carbocycles. The summed E-state index contributed by atoms with van der Waals surface area (Å²) in [6.07, 6.45) is 0. The van der Waals surface area contributed by atoms with Crippen LogP contribution in [0.1, 0.15) is 0 Å². The van der Waals surface area contributed by atoms with Crippen molar-refractivity contribution < 1.29 is 17.6 Å². The van der Waals surface area contributed by atoms with Gasteiger partial charge in [0.15, 0.2) is 5.17 Å². The Bertz CT molecular complexity index is 980. The van der Waals surface area contributed by atoms with E-state index < -0.39 is 21.7 Å². The minimum Gasteiger partial charge on any atom is -0.333 e. The lowest BCUT2D eigenvalue weighted by molar-refractivity contribution is -0.113. The average molecular weight is 444 g/mol. The van der Waals surface area contributed by atoms with Gasteiger partial charge in [-0.2, -0.15) is 8.42 Å². The summed E-state index contributed by atoms with van der Waals surface area (Å²) in [6.45, 7) is 0. The number of nitrogens with zero attached hydrogens (tertiary/aromatic N) is 1. The molecule has 0 atom stereocenters. The first kappa shape index (κ1) is 17.9. The molecule has 1 aliphatic heterocycles. The fourth-order valence-electron chi connectivity index (χ4n) is 2.06. The van der Waals surface area contributed by atoms with Crippen molar-refractivity contribution in [2.75, 3.05) is 16.4 Å². The van der Waals surface area contributed by atoms with Crippen LogP contribution in [0.15, 0.2) is 56.2 Å². The molecule has 2 aromatic rings. The van der Waals surface area contributed by atoms with Gasteiger partial charge in [-0.3, -0.25) is 4.79 Å². The molecule has 0 saturated heterocycles. The Labute approximate surface area is 156 Å². The summed E-state index contributed by atoms with van der Waals surface area (Å²) in [7, 11) is -3.80. The number of amides is 1. The average Bonchev–Trinajstić information content (AvgIpc) is 2.55. The lowest BCUT2D eigenvalue weighted by Crippen LogP contribution is -2.22. The van der Waals surface area contributed by atoms with Gasteiger partial charge in [0.05, 0.1) is 17.1 Å². The van der Waals surface area contributed by atoms with Gasteiger partial charge in [-0.1, -0.05) is 39.8 Å². The molecule has 0 fully saturated rings. The summed E-state index contributed by atoms with van der Waals surface area (Å²) < 4.78 is 42.1. The normalized spacial score (nSPS) is 14.9. The molecule has 6 nitrogen and oxygen atoms in total. The number of thioether (sulfide) groups is 1. The van der Waals surface area contributed by atoms with Crippen molar-refractivity contribution in [3.05, 3.63) is 52.8 Å².